The van der Waals surface area contributed by atoms with Crippen molar-refractivity contribution in [1.29, 1.82) is 0 Å². The molecule has 2 aromatic carbocycles. The largest absolute Gasteiger partial charge is 0.497 e. The van der Waals surface area contributed by atoms with Gasteiger partial charge in [-0.15, -0.1) is 0 Å². The zero-order valence-corrected chi connectivity index (χ0v) is 15.7. The quantitative estimate of drug-likeness (QED) is 0.337. The summed E-state index contributed by atoms with van der Waals surface area (Å²) in [6.45, 7) is 0.177. The van der Waals surface area contributed by atoms with Crippen molar-refractivity contribution in [2.45, 2.75) is 6.61 Å². The number of carbonyl (C=O) groups is 1. The predicted molar refractivity (Wildman–Crippen MR) is 99.5 cm³/mol. The number of nitrogens with zero attached hydrogens (tertiary/aromatic N) is 3. The maximum atomic E-state index is 12.5. The summed E-state index contributed by atoms with van der Waals surface area (Å²) in [5.74, 6) is 0.434. The monoisotopic (exact) mass is 413 g/mol. The third-order valence-electron chi connectivity index (χ3n) is 4.20. The molecule has 0 aliphatic carbocycles. The van der Waals surface area contributed by atoms with Gasteiger partial charge in [-0.2, -0.15) is 4.98 Å². The third kappa shape index (κ3) is 3.85. The summed E-state index contributed by atoms with van der Waals surface area (Å²) >= 11 is 0. The van der Waals surface area contributed by atoms with Gasteiger partial charge < -0.3 is 23.5 Å². The van der Waals surface area contributed by atoms with E-state index in [1.165, 1.54) is 13.2 Å². The number of aromatic nitrogens is 2. The van der Waals surface area contributed by atoms with Crippen molar-refractivity contribution in [1.82, 2.24) is 10.1 Å². The molecule has 0 saturated heterocycles. The molecule has 0 fully saturated rings. The maximum absolute atomic E-state index is 12.5. The van der Waals surface area contributed by atoms with E-state index in [0.717, 1.165) is 6.07 Å². The number of hydrogen-bond donors (Lipinski definition) is 0. The van der Waals surface area contributed by atoms with Crippen LogP contribution in [0.3, 0.4) is 0 Å². The second-order valence-corrected chi connectivity index (χ2v) is 6.09. The number of hydrogen-bond acceptors (Lipinski definition) is 10. The number of esters is 1. The number of rotatable bonds is 6. The molecule has 0 radical (unpaired) electrons. The van der Waals surface area contributed by atoms with Crippen molar-refractivity contribution in [3.05, 3.63) is 58.0 Å². The molecule has 2 heterocycles. The van der Waals surface area contributed by atoms with Gasteiger partial charge in [-0.25, -0.2) is 4.79 Å². The maximum Gasteiger partial charge on any atom is 0.345 e. The molecule has 0 saturated carbocycles. The van der Waals surface area contributed by atoms with Crippen LogP contribution in [0.1, 0.15) is 16.2 Å². The summed E-state index contributed by atoms with van der Waals surface area (Å²) in [7, 11) is 1.54. The van der Waals surface area contributed by atoms with E-state index in [1.54, 1.807) is 24.3 Å². The average Bonchev–Trinajstić information content (AvgIpc) is 3.25. The summed E-state index contributed by atoms with van der Waals surface area (Å²) in [5, 5.41) is 15.2. The summed E-state index contributed by atoms with van der Waals surface area (Å²) < 4.78 is 26.1. The molecule has 11 nitrogen and oxygen atoms in total. The number of ether oxygens (including phenoxy) is 4. The molecule has 0 amide bonds. The van der Waals surface area contributed by atoms with Crippen molar-refractivity contribution in [3.63, 3.8) is 0 Å². The number of nitro groups is 1. The van der Waals surface area contributed by atoms with Crippen LogP contribution in [0.5, 0.6) is 17.2 Å². The van der Waals surface area contributed by atoms with Gasteiger partial charge in [0.2, 0.25) is 5.82 Å². The second-order valence-electron chi connectivity index (χ2n) is 6.09. The Morgan fingerprint density at radius 2 is 1.97 bits per heavy atom. The van der Waals surface area contributed by atoms with Crippen LogP contribution in [0.15, 0.2) is 40.9 Å². The van der Waals surface area contributed by atoms with Crippen LogP contribution >= 0.6 is 0 Å². The van der Waals surface area contributed by atoms with Gasteiger partial charge in [-0.05, 0) is 12.1 Å². The van der Waals surface area contributed by atoms with E-state index in [-0.39, 0.29) is 48.6 Å². The Hall–Kier alpha value is -4.15. The number of benzene rings is 2. The molecule has 1 aliphatic rings. The minimum atomic E-state index is -0.931. The highest BCUT2D eigenvalue weighted by atomic mass is 16.6. The third-order valence-corrected chi connectivity index (χ3v) is 4.20. The molecular formula is C19H15N3O8. The molecular weight excluding hydrogens is 398 g/mol. The van der Waals surface area contributed by atoms with Gasteiger partial charge >= 0.3 is 5.97 Å². The molecule has 30 heavy (non-hydrogen) atoms. The fourth-order valence-corrected chi connectivity index (χ4v) is 2.79. The highest BCUT2D eigenvalue weighted by Gasteiger charge is 2.27. The summed E-state index contributed by atoms with van der Waals surface area (Å²) in [6.07, 6.45) is 0. The Labute approximate surface area is 169 Å². The van der Waals surface area contributed by atoms with E-state index < -0.39 is 16.6 Å². The van der Waals surface area contributed by atoms with Gasteiger partial charge in [0.1, 0.15) is 24.5 Å². The Morgan fingerprint density at radius 1 is 1.20 bits per heavy atom. The van der Waals surface area contributed by atoms with Crippen LogP contribution in [0, 0.1) is 10.1 Å². The highest BCUT2D eigenvalue weighted by Crippen LogP contribution is 2.37. The molecule has 11 heteroatoms. The Kier molecular flexibility index (Phi) is 5.16. The topological polar surface area (TPSA) is 136 Å². The van der Waals surface area contributed by atoms with Gasteiger partial charge in [0, 0.05) is 11.6 Å². The van der Waals surface area contributed by atoms with Gasteiger partial charge in [0.15, 0.2) is 18.1 Å². The molecule has 0 unspecified atom stereocenters. The zero-order chi connectivity index (χ0) is 21.1. The summed E-state index contributed by atoms with van der Waals surface area (Å²) in [6, 6.07) is 9.39. The van der Waals surface area contributed by atoms with Crippen molar-refractivity contribution in [3.8, 4) is 28.6 Å². The average molecular weight is 413 g/mol. The van der Waals surface area contributed by atoms with Gasteiger partial charge in [-0.1, -0.05) is 17.3 Å². The van der Waals surface area contributed by atoms with E-state index in [1.807, 2.05) is 0 Å². The van der Waals surface area contributed by atoms with Gasteiger partial charge in [-0.3, -0.25) is 10.1 Å². The van der Waals surface area contributed by atoms with E-state index in [4.69, 9.17) is 23.5 Å². The predicted octanol–water partition coefficient (Wildman–Crippen LogP) is 2.78. The first-order chi connectivity index (χ1) is 14.5. The van der Waals surface area contributed by atoms with Crippen LogP contribution < -0.4 is 14.2 Å². The lowest BCUT2D eigenvalue weighted by atomic mass is 10.1. The Morgan fingerprint density at radius 3 is 2.70 bits per heavy atom. The standard InChI is InChI=1S/C19H15N3O8/c1-26-12-4-2-3-11(7-12)18-20-17(30-21-18)10-29-19(23)13-8-15-16(28-6-5-27-15)9-14(13)22(24)25/h2-4,7-9H,5-6,10H2,1H3. The smallest absolute Gasteiger partial charge is 0.345 e. The Balaban J connectivity index is 1.50. The fraction of sp³-hybridized carbons (Fsp3) is 0.211. The molecule has 3 aromatic rings. The molecule has 0 bridgehead atoms. The lowest BCUT2D eigenvalue weighted by Crippen LogP contribution is -2.17. The van der Waals surface area contributed by atoms with Gasteiger partial charge in [0.25, 0.3) is 11.6 Å². The van der Waals surface area contributed by atoms with Crippen LogP contribution in [0.25, 0.3) is 11.4 Å². The van der Waals surface area contributed by atoms with E-state index in [0.29, 0.717) is 11.3 Å². The molecule has 0 N–H and O–H groups in total. The molecule has 1 aliphatic heterocycles. The lowest BCUT2D eigenvalue weighted by molar-refractivity contribution is -0.385. The van der Waals surface area contributed by atoms with Crippen LogP contribution in [0.4, 0.5) is 5.69 Å². The van der Waals surface area contributed by atoms with Crippen molar-refractivity contribution in [2.75, 3.05) is 20.3 Å². The van der Waals surface area contributed by atoms with Crippen LogP contribution in [-0.2, 0) is 11.3 Å². The first kappa shape index (κ1) is 19.2. The number of carbonyl (C=O) groups excluding carboxylic acids is 1. The normalized spacial score (nSPS) is 12.3. The SMILES string of the molecule is COc1cccc(-c2noc(COC(=O)c3cc4c(cc3[N+](=O)[O-])OCCO4)n2)c1. The lowest BCUT2D eigenvalue weighted by Gasteiger charge is -2.18. The molecule has 1 aromatic heterocycles. The van der Waals surface area contributed by atoms with Crippen molar-refractivity contribution in [2.24, 2.45) is 0 Å². The summed E-state index contributed by atoms with van der Waals surface area (Å²) in [5.41, 5.74) is -0.0678. The van der Waals surface area contributed by atoms with E-state index in [9.17, 15) is 14.9 Å². The highest BCUT2D eigenvalue weighted by molar-refractivity contribution is 5.95. The molecule has 0 spiro atoms. The summed E-state index contributed by atoms with van der Waals surface area (Å²) in [4.78, 5) is 27.3. The first-order valence-corrected chi connectivity index (χ1v) is 8.77. The fourth-order valence-electron chi connectivity index (χ4n) is 2.79. The number of methoxy groups -OCH3 is 1. The molecule has 154 valence electrons. The number of fused-ring (bicyclic) bond motifs is 1. The van der Waals surface area contributed by atoms with Crippen molar-refractivity contribution >= 4 is 11.7 Å². The minimum absolute atomic E-state index is 0.0290. The molecule has 4 rings (SSSR count). The van der Waals surface area contributed by atoms with Crippen LogP contribution in [-0.4, -0.2) is 41.4 Å². The second kappa shape index (κ2) is 8.07. The molecule has 0 atom stereocenters. The van der Waals surface area contributed by atoms with Gasteiger partial charge in [0.05, 0.1) is 18.1 Å². The Bertz CT molecular complexity index is 1110. The minimum Gasteiger partial charge on any atom is -0.497 e. The van der Waals surface area contributed by atoms with E-state index >= 15 is 0 Å². The van der Waals surface area contributed by atoms with Crippen LogP contribution in [0.2, 0.25) is 0 Å². The van der Waals surface area contributed by atoms with E-state index in [2.05, 4.69) is 10.1 Å². The number of nitro benzene ring substituents is 1. The zero-order valence-electron chi connectivity index (χ0n) is 15.7. The van der Waals surface area contributed by atoms with Crippen molar-refractivity contribution < 1.29 is 33.2 Å². The first-order valence-electron chi connectivity index (χ1n) is 8.77.